The van der Waals surface area contributed by atoms with Crippen molar-refractivity contribution in [2.24, 2.45) is 5.41 Å². The van der Waals surface area contributed by atoms with Crippen LogP contribution in [0.15, 0.2) is 41.1 Å². The van der Waals surface area contributed by atoms with E-state index in [1.807, 2.05) is 24.3 Å². The third-order valence-corrected chi connectivity index (χ3v) is 6.59. The number of hydrogen-bond donors (Lipinski definition) is 1. The molecule has 1 aliphatic heterocycles. The lowest BCUT2D eigenvalue weighted by atomic mass is 9.93. The minimum atomic E-state index is 0.217. The highest BCUT2D eigenvalue weighted by atomic mass is 35.5. The van der Waals surface area contributed by atoms with Gasteiger partial charge in [-0.15, -0.1) is 0 Å². The van der Waals surface area contributed by atoms with Crippen LogP contribution < -0.4 is 5.32 Å². The van der Waals surface area contributed by atoms with Crippen LogP contribution in [0.2, 0.25) is 5.02 Å². The quantitative estimate of drug-likeness (QED) is 0.853. The number of halogens is 1. The smallest absolute Gasteiger partial charge is 0.227 e. The molecule has 2 fully saturated rings. The van der Waals surface area contributed by atoms with Gasteiger partial charge in [-0.25, -0.2) is 0 Å². The van der Waals surface area contributed by atoms with Crippen molar-refractivity contribution in [1.29, 1.82) is 0 Å². The average Bonchev–Trinajstić information content (AvgIpc) is 3.04. The van der Waals surface area contributed by atoms with E-state index >= 15 is 0 Å². The average molecular weight is 375 g/mol. The molecule has 2 aromatic rings. The van der Waals surface area contributed by atoms with Gasteiger partial charge < -0.3 is 10.2 Å². The van der Waals surface area contributed by atoms with E-state index in [0.717, 1.165) is 31.6 Å². The Hall–Kier alpha value is -1.36. The molecule has 5 heteroatoms. The molecule has 4 rings (SSSR count). The molecule has 0 radical (unpaired) electrons. The molecule has 25 heavy (non-hydrogen) atoms. The van der Waals surface area contributed by atoms with Crippen LogP contribution in [0.4, 0.5) is 0 Å². The first-order valence-electron chi connectivity index (χ1n) is 8.92. The summed E-state index contributed by atoms with van der Waals surface area (Å²) in [5, 5.41) is 8.37. The lowest BCUT2D eigenvalue weighted by Crippen LogP contribution is -2.39. The van der Waals surface area contributed by atoms with Gasteiger partial charge in [0.05, 0.1) is 6.42 Å². The zero-order chi connectivity index (χ0) is 17.3. The third-order valence-electron chi connectivity index (χ3n) is 5.62. The highest BCUT2D eigenvalue weighted by molar-refractivity contribution is 7.07. The molecule has 1 atom stereocenters. The van der Waals surface area contributed by atoms with Crippen molar-refractivity contribution < 1.29 is 4.79 Å². The number of hydrogen-bond acceptors (Lipinski definition) is 3. The largest absolute Gasteiger partial charge is 0.334 e. The topological polar surface area (TPSA) is 32.3 Å². The van der Waals surface area contributed by atoms with E-state index in [0.29, 0.717) is 22.9 Å². The maximum atomic E-state index is 13.1. The lowest BCUT2D eigenvalue weighted by Gasteiger charge is -2.29. The summed E-state index contributed by atoms with van der Waals surface area (Å²) in [5.74, 6) is 0.217. The van der Waals surface area contributed by atoms with E-state index in [9.17, 15) is 4.79 Å². The summed E-state index contributed by atoms with van der Waals surface area (Å²) in [7, 11) is 0. The number of thiophene rings is 1. The maximum absolute atomic E-state index is 13.1. The van der Waals surface area contributed by atoms with E-state index in [2.05, 4.69) is 27.0 Å². The fourth-order valence-corrected chi connectivity index (χ4v) is 4.98. The summed E-state index contributed by atoms with van der Waals surface area (Å²) in [6.45, 7) is 2.87. The van der Waals surface area contributed by atoms with E-state index < -0.39 is 0 Å². The van der Waals surface area contributed by atoms with Gasteiger partial charge in [0.2, 0.25) is 5.91 Å². The summed E-state index contributed by atoms with van der Waals surface area (Å²) in [6.07, 6.45) is 3.94. The number of carbonyl (C=O) groups is 1. The molecule has 1 aromatic carbocycles. The molecule has 2 aliphatic rings. The second kappa shape index (κ2) is 7.10. The Morgan fingerprint density at radius 2 is 2.12 bits per heavy atom. The van der Waals surface area contributed by atoms with Crippen molar-refractivity contribution in [3.63, 3.8) is 0 Å². The standard InChI is InChI=1S/C20H23ClN2OS/c21-17-3-1-2-15(10-17)11-19(24)23(13-16-4-9-25-14-16)18-12-20(18)5-7-22-8-6-20/h1-4,9-10,14,18,22H,5-8,11-13H2. The van der Waals surface area contributed by atoms with Gasteiger partial charge in [0, 0.05) is 17.6 Å². The monoisotopic (exact) mass is 374 g/mol. The van der Waals surface area contributed by atoms with Crippen LogP contribution in [0.25, 0.3) is 0 Å². The molecule has 3 nitrogen and oxygen atoms in total. The highest BCUT2D eigenvalue weighted by Crippen LogP contribution is 2.56. The molecular formula is C20H23ClN2OS. The number of carbonyl (C=O) groups excluding carboxylic acids is 1. The third kappa shape index (κ3) is 3.76. The van der Waals surface area contributed by atoms with Crippen molar-refractivity contribution in [1.82, 2.24) is 10.2 Å². The predicted octanol–water partition coefficient (Wildman–Crippen LogP) is 4.11. The van der Waals surface area contributed by atoms with Crippen molar-refractivity contribution in [3.8, 4) is 0 Å². The van der Waals surface area contributed by atoms with Gasteiger partial charge in [0.1, 0.15) is 0 Å². The minimum absolute atomic E-state index is 0.217. The maximum Gasteiger partial charge on any atom is 0.227 e. The first-order chi connectivity index (χ1) is 12.2. The molecule has 2 heterocycles. The number of nitrogens with one attached hydrogen (secondary N) is 1. The Morgan fingerprint density at radius 1 is 1.28 bits per heavy atom. The summed E-state index contributed by atoms with van der Waals surface area (Å²) < 4.78 is 0. The van der Waals surface area contributed by atoms with Crippen LogP contribution in [-0.4, -0.2) is 29.9 Å². The van der Waals surface area contributed by atoms with Crippen LogP contribution in [0.5, 0.6) is 0 Å². The molecule has 132 valence electrons. The Labute approximate surface area is 158 Å². The van der Waals surface area contributed by atoms with Crippen LogP contribution >= 0.6 is 22.9 Å². The zero-order valence-corrected chi connectivity index (χ0v) is 15.8. The minimum Gasteiger partial charge on any atom is -0.334 e. The number of benzene rings is 1. The molecule has 1 unspecified atom stereocenters. The summed E-state index contributed by atoms with van der Waals surface area (Å²) in [4.78, 5) is 15.3. The van der Waals surface area contributed by atoms with Gasteiger partial charge in [0.25, 0.3) is 0 Å². The summed E-state index contributed by atoms with van der Waals surface area (Å²) in [5.41, 5.74) is 2.58. The van der Waals surface area contributed by atoms with Crippen molar-refractivity contribution in [2.45, 2.75) is 38.3 Å². The normalized spacial score (nSPS) is 21.2. The van der Waals surface area contributed by atoms with E-state index in [4.69, 9.17) is 11.6 Å². The zero-order valence-electron chi connectivity index (χ0n) is 14.2. The number of amides is 1. The van der Waals surface area contributed by atoms with Crippen LogP contribution in [0.3, 0.4) is 0 Å². The van der Waals surface area contributed by atoms with Gasteiger partial charge in [0.15, 0.2) is 0 Å². The fourth-order valence-electron chi connectivity index (χ4n) is 4.10. The molecule has 1 aromatic heterocycles. The molecule has 1 saturated heterocycles. The van der Waals surface area contributed by atoms with Gasteiger partial charge in [-0.1, -0.05) is 23.7 Å². The molecule has 1 saturated carbocycles. The Morgan fingerprint density at radius 3 is 2.84 bits per heavy atom. The second-order valence-corrected chi connectivity index (χ2v) is 8.51. The van der Waals surface area contributed by atoms with Crippen LogP contribution in [0.1, 0.15) is 30.4 Å². The molecule has 1 spiro atoms. The van der Waals surface area contributed by atoms with Crippen LogP contribution in [0, 0.1) is 5.41 Å². The van der Waals surface area contributed by atoms with Gasteiger partial charge >= 0.3 is 0 Å². The van der Waals surface area contributed by atoms with E-state index in [1.165, 1.54) is 18.4 Å². The Kier molecular flexibility index (Phi) is 4.85. The highest BCUT2D eigenvalue weighted by Gasteiger charge is 2.57. The fraction of sp³-hybridized carbons (Fsp3) is 0.450. The van der Waals surface area contributed by atoms with Gasteiger partial charge in [-0.2, -0.15) is 11.3 Å². The first-order valence-corrected chi connectivity index (χ1v) is 10.2. The van der Waals surface area contributed by atoms with Gasteiger partial charge in [-0.05, 0) is 77.9 Å². The predicted molar refractivity (Wildman–Crippen MR) is 103 cm³/mol. The van der Waals surface area contributed by atoms with Crippen molar-refractivity contribution in [3.05, 3.63) is 57.2 Å². The summed E-state index contributed by atoms with van der Waals surface area (Å²) in [6, 6.07) is 10.2. The van der Waals surface area contributed by atoms with Crippen molar-refractivity contribution in [2.75, 3.05) is 13.1 Å². The Bertz CT molecular complexity index is 740. The molecule has 1 aliphatic carbocycles. The second-order valence-electron chi connectivity index (χ2n) is 7.29. The van der Waals surface area contributed by atoms with Gasteiger partial charge in [-0.3, -0.25) is 4.79 Å². The lowest BCUT2D eigenvalue weighted by molar-refractivity contribution is -0.132. The molecule has 1 N–H and O–H groups in total. The molecular weight excluding hydrogens is 352 g/mol. The number of rotatable bonds is 5. The summed E-state index contributed by atoms with van der Waals surface area (Å²) >= 11 is 7.78. The first kappa shape index (κ1) is 17.1. The number of nitrogens with zero attached hydrogens (tertiary/aromatic N) is 1. The SMILES string of the molecule is O=C(Cc1cccc(Cl)c1)N(Cc1ccsc1)C1CC12CCNCC2. The molecule has 0 bridgehead atoms. The van der Waals surface area contributed by atoms with Crippen molar-refractivity contribution >= 4 is 28.8 Å². The molecule has 1 amide bonds. The number of piperidine rings is 1. The Balaban J connectivity index is 1.52. The van der Waals surface area contributed by atoms with E-state index in [-0.39, 0.29) is 5.91 Å². The van der Waals surface area contributed by atoms with E-state index in [1.54, 1.807) is 11.3 Å². The van der Waals surface area contributed by atoms with Crippen LogP contribution in [-0.2, 0) is 17.8 Å².